The minimum Gasteiger partial charge on any atom is -0.362 e. The molecule has 0 aliphatic carbocycles. The Bertz CT molecular complexity index is 319. The average molecular weight is 196 g/mol. The molecule has 1 N–H and O–H groups in total. The van der Waals surface area contributed by atoms with E-state index in [0.717, 1.165) is 12.8 Å². The van der Waals surface area contributed by atoms with Crippen LogP contribution in [0.3, 0.4) is 0 Å². The zero-order valence-corrected chi connectivity index (χ0v) is 7.87. The number of ether oxygens (including phenoxy) is 1. The van der Waals surface area contributed by atoms with E-state index < -0.39 is 11.6 Å². The van der Waals surface area contributed by atoms with Crippen molar-refractivity contribution in [1.29, 1.82) is 0 Å². The number of aliphatic hydroxyl groups is 1. The first-order valence-corrected chi connectivity index (χ1v) is 4.84. The first-order valence-electron chi connectivity index (χ1n) is 4.84. The minimum atomic E-state index is -1.41. The predicted molar refractivity (Wildman–Crippen MR) is 50.1 cm³/mol. The van der Waals surface area contributed by atoms with Gasteiger partial charge in [0.05, 0.1) is 6.61 Å². The molecule has 0 amide bonds. The van der Waals surface area contributed by atoms with Gasteiger partial charge in [-0.25, -0.2) is 4.39 Å². The van der Waals surface area contributed by atoms with Crippen molar-refractivity contribution in [3.05, 3.63) is 35.6 Å². The van der Waals surface area contributed by atoms with Crippen LogP contribution in [0.4, 0.5) is 4.39 Å². The molecular weight excluding hydrogens is 183 g/mol. The van der Waals surface area contributed by atoms with Crippen molar-refractivity contribution in [3.63, 3.8) is 0 Å². The molecule has 0 radical (unpaired) electrons. The van der Waals surface area contributed by atoms with Gasteiger partial charge in [-0.3, -0.25) is 0 Å². The zero-order chi connectivity index (χ0) is 10.0. The van der Waals surface area contributed by atoms with E-state index in [0.29, 0.717) is 13.0 Å². The van der Waals surface area contributed by atoms with Crippen LogP contribution in [-0.2, 0) is 10.5 Å². The van der Waals surface area contributed by atoms with Crippen molar-refractivity contribution in [2.24, 2.45) is 0 Å². The summed E-state index contributed by atoms with van der Waals surface area (Å²) in [6.07, 6.45) is 2.26. The highest BCUT2D eigenvalue weighted by Gasteiger charge is 2.34. The monoisotopic (exact) mass is 196 g/mol. The maximum absolute atomic E-state index is 13.4. The molecule has 3 heteroatoms. The zero-order valence-electron chi connectivity index (χ0n) is 7.87. The van der Waals surface area contributed by atoms with Crippen molar-refractivity contribution < 1.29 is 14.2 Å². The highest BCUT2D eigenvalue weighted by Crippen LogP contribution is 2.33. The van der Waals surface area contributed by atoms with Crippen LogP contribution in [0.5, 0.6) is 0 Å². The van der Waals surface area contributed by atoms with Crippen molar-refractivity contribution >= 4 is 0 Å². The molecule has 1 aliphatic rings. The van der Waals surface area contributed by atoms with Gasteiger partial charge in [0.25, 0.3) is 0 Å². The Morgan fingerprint density at radius 2 is 2.07 bits per heavy atom. The number of hydrogen-bond donors (Lipinski definition) is 1. The van der Waals surface area contributed by atoms with Gasteiger partial charge in [-0.15, -0.1) is 0 Å². The summed E-state index contributed by atoms with van der Waals surface area (Å²) < 4.78 is 18.6. The van der Waals surface area contributed by atoms with Crippen LogP contribution >= 0.6 is 0 Å². The van der Waals surface area contributed by atoms with Crippen molar-refractivity contribution in [2.45, 2.75) is 25.0 Å². The average Bonchev–Trinajstić information content (AvgIpc) is 2.19. The summed E-state index contributed by atoms with van der Waals surface area (Å²) in [5.41, 5.74) is 0.250. The molecule has 0 spiro atoms. The van der Waals surface area contributed by atoms with E-state index in [-0.39, 0.29) is 5.56 Å². The molecule has 1 aromatic rings. The second-order valence-corrected chi connectivity index (χ2v) is 3.57. The van der Waals surface area contributed by atoms with Crippen LogP contribution in [0, 0.1) is 5.82 Å². The Morgan fingerprint density at radius 1 is 1.29 bits per heavy atom. The highest BCUT2D eigenvalue weighted by atomic mass is 19.1. The van der Waals surface area contributed by atoms with Crippen molar-refractivity contribution in [1.82, 2.24) is 0 Å². The van der Waals surface area contributed by atoms with Crippen LogP contribution < -0.4 is 0 Å². The Morgan fingerprint density at radius 3 is 2.71 bits per heavy atom. The van der Waals surface area contributed by atoms with Crippen LogP contribution in [-0.4, -0.2) is 11.7 Å². The summed E-state index contributed by atoms with van der Waals surface area (Å²) in [7, 11) is 0. The third-order valence-corrected chi connectivity index (χ3v) is 2.55. The summed E-state index contributed by atoms with van der Waals surface area (Å²) >= 11 is 0. The van der Waals surface area contributed by atoms with E-state index in [2.05, 4.69) is 0 Å². The SMILES string of the molecule is OC1(c2ccccc2F)CCCCO1. The second-order valence-electron chi connectivity index (χ2n) is 3.57. The van der Waals surface area contributed by atoms with Gasteiger partial charge < -0.3 is 9.84 Å². The van der Waals surface area contributed by atoms with Crippen LogP contribution in [0.25, 0.3) is 0 Å². The van der Waals surface area contributed by atoms with Crippen LogP contribution in [0.15, 0.2) is 24.3 Å². The topological polar surface area (TPSA) is 29.5 Å². The van der Waals surface area contributed by atoms with Gasteiger partial charge in [-0.1, -0.05) is 18.2 Å². The molecule has 2 rings (SSSR count). The van der Waals surface area contributed by atoms with Gasteiger partial charge in [0, 0.05) is 12.0 Å². The fourth-order valence-electron chi connectivity index (χ4n) is 1.77. The van der Waals surface area contributed by atoms with Crippen molar-refractivity contribution in [2.75, 3.05) is 6.61 Å². The lowest BCUT2D eigenvalue weighted by Crippen LogP contribution is -2.34. The summed E-state index contributed by atoms with van der Waals surface area (Å²) in [6.45, 7) is 0.491. The van der Waals surface area contributed by atoms with E-state index in [1.54, 1.807) is 18.2 Å². The Balaban J connectivity index is 2.32. The molecule has 1 unspecified atom stereocenters. The van der Waals surface area contributed by atoms with Gasteiger partial charge in [0.15, 0.2) is 5.79 Å². The van der Waals surface area contributed by atoms with E-state index in [9.17, 15) is 9.50 Å². The molecule has 1 fully saturated rings. The Labute approximate surface area is 82.3 Å². The summed E-state index contributed by atoms with van der Waals surface area (Å²) in [4.78, 5) is 0. The molecule has 1 atom stereocenters. The van der Waals surface area contributed by atoms with Crippen LogP contribution in [0.2, 0.25) is 0 Å². The van der Waals surface area contributed by atoms with E-state index in [1.165, 1.54) is 6.07 Å². The van der Waals surface area contributed by atoms with E-state index in [4.69, 9.17) is 4.74 Å². The van der Waals surface area contributed by atoms with Gasteiger partial charge in [0.2, 0.25) is 0 Å². The molecule has 2 nitrogen and oxygen atoms in total. The third-order valence-electron chi connectivity index (χ3n) is 2.55. The quantitative estimate of drug-likeness (QED) is 0.745. The summed E-state index contributed by atoms with van der Waals surface area (Å²) in [6, 6.07) is 6.21. The highest BCUT2D eigenvalue weighted by molar-refractivity contribution is 5.22. The molecule has 0 aromatic heterocycles. The lowest BCUT2D eigenvalue weighted by Gasteiger charge is -2.32. The molecule has 1 aliphatic heterocycles. The lowest BCUT2D eigenvalue weighted by atomic mass is 9.97. The normalized spacial score (nSPS) is 27.6. The predicted octanol–water partition coefficient (Wildman–Crippen LogP) is 2.17. The largest absolute Gasteiger partial charge is 0.362 e. The summed E-state index contributed by atoms with van der Waals surface area (Å²) in [5.74, 6) is -1.82. The molecule has 0 bridgehead atoms. The number of rotatable bonds is 1. The molecule has 14 heavy (non-hydrogen) atoms. The second kappa shape index (κ2) is 3.67. The van der Waals surface area contributed by atoms with Gasteiger partial charge >= 0.3 is 0 Å². The Hall–Kier alpha value is -0.930. The fourth-order valence-corrected chi connectivity index (χ4v) is 1.77. The summed E-state index contributed by atoms with van der Waals surface area (Å²) in [5, 5.41) is 10.1. The minimum absolute atomic E-state index is 0.250. The maximum Gasteiger partial charge on any atom is 0.195 e. The molecule has 0 saturated carbocycles. The van der Waals surface area contributed by atoms with E-state index in [1.807, 2.05) is 0 Å². The van der Waals surface area contributed by atoms with Gasteiger partial charge in [-0.05, 0) is 18.9 Å². The Kier molecular flexibility index (Phi) is 2.52. The maximum atomic E-state index is 13.4. The molecule has 1 aromatic carbocycles. The number of benzene rings is 1. The molecular formula is C11H13FO2. The standard InChI is InChI=1S/C11H13FO2/c12-10-6-2-1-5-9(10)11(13)7-3-4-8-14-11/h1-2,5-6,13H,3-4,7-8H2. The fraction of sp³-hybridized carbons (Fsp3) is 0.455. The first-order chi connectivity index (χ1) is 6.72. The number of hydrogen-bond acceptors (Lipinski definition) is 2. The smallest absolute Gasteiger partial charge is 0.195 e. The molecule has 1 heterocycles. The first kappa shape index (κ1) is 9.62. The van der Waals surface area contributed by atoms with E-state index >= 15 is 0 Å². The van der Waals surface area contributed by atoms with Crippen molar-refractivity contribution in [3.8, 4) is 0 Å². The third kappa shape index (κ3) is 1.65. The number of halogens is 1. The molecule has 1 saturated heterocycles. The molecule has 76 valence electrons. The van der Waals surface area contributed by atoms with Gasteiger partial charge in [-0.2, -0.15) is 0 Å². The van der Waals surface area contributed by atoms with Gasteiger partial charge in [0.1, 0.15) is 5.82 Å². The van der Waals surface area contributed by atoms with Crippen LogP contribution in [0.1, 0.15) is 24.8 Å². The lowest BCUT2D eigenvalue weighted by molar-refractivity contribution is -0.235.